The predicted molar refractivity (Wildman–Crippen MR) is 138 cm³/mol. The third kappa shape index (κ3) is 5.36. The normalized spacial score (nSPS) is 21.6. The van der Waals surface area contributed by atoms with Crippen LogP contribution >= 0.6 is 0 Å². The Hall–Kier alpha value is -2.58. The number of aromatic nitrogens is 1. The van der Waals surface area contributed by atoms with E-state index in [-0.39, 0.29) is 43.0 Å². The van der Waals surface area contributed by atoms with Crippen LogP contribution in [0.15, 0.2) is 36.4 Å². The van der Waals surface area contributed by atoms with Crippen molar-refractivity contribution in [3.05, 3.63) is 64.9 Å². The molecule has 2 aromatic carbocycles. The molecule has 0 saturated carbocycles. The summed E-state index contributed by atoms with van der Waals surface area (Å²) in [5.74, 6) is -1.13. The molecule has 2 aliphatic heterocycles. The van der Waals surface area contributed by atoms with E-state index in [0.29, 0.717) is 31.9 Å². The van der Waals surface area contributed by atoms with Crippen LogP contribution in [0.4, 0.5) is 17.6 Å². The zero-order chi connectivity index (χ0) is 26.3. The van der Waals surface area contributed by atoms with Gasteiger partial charge in [0.2, 0.25) is 0 Å². The van der Waals surface area contributed by atoms with Gasteiger partial charge in [0, 0.05) is 66.4 Å². The van der Waals surface area contributed by atoms with E-state index in [2.05, 4.69) is 11.9 Å². The highest BCUT2D eigenvalue weighted by atomic mass is 19.1. The maximum Gasteiger partial charge on any atom is 0.135 e. The lowest BCUT2D eigenvalue weighted by Gasteiger charge is -2.37. The summed E-state index contributed by atoms with van der Waals surface area (Å²) < 4.78 is 64.7. The van der Waals surface area contributed by atoms with Gasteiger partial charge >= 0.3 is 0 Å². The van der Waals surface area contributed by atoms with Gasteiger partial charge in [-0.3, -0.25) is 14.2 Å². The maximum absolute atomic E-state index is 15.7. The van der Waals surface area contributed by atoms with Gasteiger partial charge in [0.15, 0.2) is 0 Å². The Kier molecular flexibility index (Phi) is 7.24. The van der Waals surface area contributed by atoms with Crippen LogP contribution in [0, 0.1) is 17.6 Å². The van der Waals surface area contributed by atoms with Gasteiger partial charge in [-0.05, 0) is 44.4 Å². The minimum absolute atomic E-state index is 0.0338. The number of fused-ring (bicyclic) bond motifs is 3. The monoisotopic (exact) mass is 517 g/mol. The Bertz CT molecular complexity index is 1220. The van der Waals surface area contributed by atoms with Gasteiger partial charge in [0.05, 0.1) is 12.7 Å². The number of para-hydroxylation sites is 1. The summed E-state index contributed by atoms with van der Waals surface area (Å²) >= 11 is 0. The highest BCUT2D eigenvalue weighted by Crippen LogP contribution is 2.44. The second-order valence-corrected chi connectivity index (χ2v) is 11.2. The molecule has 0 spiro atoms. The SMILES string of the molecule is CC1CCN(CC(C)(C)F)C(c2c(F)cc(OCCN3CC(CF)C3)cc2F)c2[nH]c3ccccc3c21. The molecule has 0 aliphatic carbocycles. The lowest BCUT2D eigenvalue weighted by molar-refractivity contribution is 0.0667. The minimum Gasteiger partial charge on any atom is -0.492 e. The Morgan fingerprint density at radius 1 is 1.08 bits per heavy atom. The van der Waals surface area contributed by atoms with E-state index < -0.39 is 23.3 Å². The summed E-state index contributed by atoms with van der Waals surface area (Å²) in [6.45, 7) is 7.47. The van der Waals surface area contributed by atoms with Crippen molar-refractivity contribution in [3.8, 4) is 5.75 Å². The number of hydrogen-bond acceptors (Lipinski definition) is 3. The number of aromatic amines is 1. The minimum atomic E-state index is -1.55. The molecule has 2 unspecified atom stereocenters. The van der Waals surface area contributed by atoms with E-state index in [1.165, 1.54) is 26.0 Å². The van der Waals surface area contributed by atoms with Gasteiger partial charge in [-0.15, -0.1) is 0 Å². The van der Waals surface area contributed by atoms with E-state index in [1.54, 1.807) is 0 Å². The fourth-order valence-electron chi connectivity index (χ4n) is 5.88. The fraction of sp³-hybridized carbons (Fsp3) is 0.517. The van der Waals surface area contributed by atoms with Gasteiger partial charge in [0.1, 0.15) is 29.7 Å². The smallest absolute Gasteiger partial charge is 0.135 e. The Balaban J connectivity index is 1.49. The Morgan fingerprint density at radius 3 is 2.46 bits per heavy atom. The first-order chi connectivity index (χ1) is 17.6. The van der Waals surface area contributed by atoms with Crippen molar-refractivity contribution in [1.29, 1.82) is 0 Å². The molecule has 1 aromatic heterocycles. The molecule has 1 N–H and O–H groups in total. The molecular formula is C29H35F4N3O. The summed E-state index contributed by atoms with van der Waals surface area (Å²) in [6.07, 6.45) is 0.742. The maximum atomic E-state index is 15.7. The van der Waals surface area contributed by atoms with Crippen LogP contribution in [0.25, 0.3) is 10.9 Å². The zero-order valence-electron chi connectivity index (χ0n) is 21.7. The van der Waals surface area contributed by atoms with Crippen molar-refractivity contribution >= 4 is 10.9 Å². The second kappa shape index (κ2) is 10.3. The molecule has 0 radical (unpaired) electrons. The number of halogens is 4. The molecule has 5 rings (SSSR count). The van der Waals surface area contributed by atoms with Crippen LogP contribution in [-0.2, 0) is 0 Å². The first-order valence-corrected chi connectivity index (χ1v) is 13.1. The molecule has 0 bridgehead atoms. The van der Waals surface area contributed by atoms with Crippen molar-refractivity contribution < 1.29 is 22.3 Å². The van der Waals surface area contributed by atoms with Gasteiger partial charge in [0.25, 0.3) is 0 Å². The summed E-state index contributed by atoms with van der Waals surface area (Å²) in [4.78, 5) is 7.33. The van der Waals surface area contributed by atoms with Crippen LogP contribution in [-0.4, -0.2) is 66.5 Å². The van der Waals surface area contributed by atoms with E-state index in [4.69, 9.17) is 4.74 Å². The number of rotatable bonds is 8. The van der Waals surface area contributed by atoms with Gasteiger partial charge < -0.3 is 9.72 Å². The molecule has 3 heterocycles. The van der Waals surface area contributed by atoms with Crippen LogP contribution in [0.3, 0.4) is 0 Å². The topological polar surface area (TPSA) is 31.5 Å². The van der Waals surface area contributed by atoms with Crippen molar-refractivity contribution in [2.75, 3.05) is 46.0 Å². The van der Waals surface area contributed by atoms with Crippen molar-refractivity contribution in [2.24, 2.45) is 5.92 Å². The highest BCUT2D eigenvalue weighted by Gasteiger charge is 2.38. The van der Waals surface area contributed by atoms with Crippen molar-refractivity contribution in [2.45, 2.75) is 44.8 Å². The number of ether oxygens (including phenoxy) is 1. The number of alkyl halides is 2. The summed E-state index contributed by atoms with van der Waals surface area (Å²) in [7, 11) is 0. The molecule has 2 atom stereocenters. The van der Waals surface area contributed by atoms with Crippen LogP contribution in [0.1, 0.15) is 56.0 Å². The Labute approximate surface area is 215 Å². The van der Waals surface area contributed by atoms with E-state index in [1.807, 2.05) is 34.1 Å². The first kappa shape index (κ1) is 26.0. The van der Waals surface area contributed by atoms with Gasteiger partial charge in [-0.25, -0.2) is 13.2 Å². The molecule has 4 nitrogen and oxygen atoms in total. The molecule has 2 aliphatic rings. The molecule has 1 saturated heterocycles. The van der Waals surface area contributed by atoms with Crippen molar-refractivity contribution in [1.82, 2.24) is 14.8 Å². The third-order valence-electron chi connectivity index (χ3n) is 7.59. The molecule has 37 heavy (non-hydrogen) atoms. The van der Waals surface area contributed by atoms with E-state index in [9.17, 15) is 8.78 Å². The lowest BCUT2D eigenvalue weighted by atomic mass is 9.92. The highest BCUT2D eigenvalue weighted by molar-refractivity contribution is 5.85. The molecule has 0 amide bonds. The number of H-pyrrole nitrogens is 1. The molecular weight excluding hydrogens is 482 g/mol. The molecule has 1 fully saturated rings. The second-order valence-electron chi connectivity index (χ2n) is 11.2. The summed E-state index contributed by atoms with van der Waals surface area (Å²) in [6, 6.07) is 9.47. The zero-order valence-corrected chi connectivity index (χ0v) is 21.7. The number of benzene rings is 2. The molecule has 3 aromatic rings. The summed E-state index contributed by atoms with van der Waals surface area (Å²) in [5, 5.41) is 1.03. The van der Waals surface area contributed by atoms with E-state index in [0.717, 1.165) is 22.9 Å². The number of hydrogen-bond donors (Lipinski definition) is 1. The van der Waals surface area contributed by atoms with E-state index >= 15 is 8.78 Å². The van der Waals surface area contributed by atoms with Gasteiger partial charge in [-0.2, -0.15) is 0 Å². The molecule has 8 heteroatoms. The Morgan fingerprint density at radius 2 is 1.78 bits per heavy atom. The number of nitrogens with zero attached hydrogens (tertiary/aromatic N) is 2. The number of nitrogens with one attached hydrogen (secondary N) is 1. The van der Waals surface area contributed by atoms with Crippen LogP contribution in [0.5, 0.6) is 5.75 Å². The average Bonchev–Trinajstić information content (AvgIpc) is 3.13. The largest absolute Gasteiger partial charge is 0.492 e. The average molecular weight is 518 g/mol. The fourth-order valence-corrected chi connectivity index (χ4v) is 5.88. The van der Waals surface area contributed by atoms with Gasteiger partial charge in [-0.1, -0.05) is 25.1 Å². The van der Waals surface area contributed by atoms with Crippen LogP contribution < -0.4 is 4.74 Å². The quantitative estimate of drug-likeness (QED) is 0.352. The number of likely N-dealkylation sites (tertiary alicyclic amines) is 1. The predicted octanol–water partition coefficient (Wildman–Crippen LogP) is 6.37. The van der Waals surface area contributed by atoms with Crippen LogP contribution in [0.2, 0.25) is 0 Å². The third-order valence-corrected chi connectivity index (χ3v) is 7.59. The first-order valence-electron chi connectivity index (χ1n) is 13.1. The summed E-state index contributed by atoms with van der Waals surface area (Å²) in [5.41, 5.74) is 0.980. The lowest BCUT2D eigenvalue weighted by Crippen LogP contribution is -2.49. The molecule has 200 valence electrons. The standard InChI is InChI=1S/C29H35F4N3O/c1-18-8-9-36(17-29(2,3)33)28(27-25(18)21-6-4-5-7-24(21)34-27)26-22(31)12-20(13-23(26)32)37-11-10-35-15-19(14-30)16-35/h4-7,12-13,18-19,28,34H,8-11,14-17H2,1-3H3. The van der Waals surface area contributed by atoms with Crippen molar-refractivity contribution in [3.63, 3.8) is 0 Å².